The lowest BCUT2D eigenvalue weighted by Crippen LogP contribution is -2.38. The van der Waals surface area contributed by atoms with E-state index in [1.807, 2.05) is 43.1 Å². The van der Waals surface area contributed by atoms with Crippen molar-refractivity contribution >= 4 is 17.6 Å². The van der Waals surface area contributed by atoms with Crippen molar-refractivity contribution in [2.75, 3.05) is 20.1 Å². The minimum atomic E-state index is 0.382. The van der Waals surface area contributed by atoms with E-state index < -0.39 is 0 Å². The van der Waals surface area contributed by atoms with Gasteiger partial charge in [0.15, 0.2) is 5.96 Å². The van der Waals surface area contributed by atoms with E-state index in [1.165, 1.54) is 5.56 Å². The van der Waals surface area contributed by atoms with Crippen molar-refractivity contribution in [1.82, 2.24) is 10.2 Å². The van der Waals surface area contributed by atoms with Gasteiger partial charge in [0.25, 0.3) is 0 Å². The molecule has 0 saturated carbocycles. The fourth-order valence-electron chi connectivity index (χ4n) is 1.53. The van der Waals surface area contributed by atoms with Crippen molar-refractivity contribution in [1.29, 1.82) is 0 Å². The van der Waals surface area contributed by atoms with Crippen LogP contribution in [-0.4, -0.2) is 31.0 Å². The van der Waals surface area contributed by atoms with Crippen LogP contribution < -0.4 is 5.32 Å². The van der Waals surface area contributed by atoms with Crippen LogP contribution in [-0.2, 0) is 6.54 Å². The monoisotopic (exact) mass is 263 g/mol. The molecule has 0 heterocycles. The van der Waals surface area contributed by atoms with Crippen LogP contribution in [0.2, 0.25) is 5.02 Å². The lowest BCUT2D eigenvalue weighted by Gasteiger charge is -2.21. The number of guanidine groups is 1. The zero-order valence-electron chi connectivity index (χ0n) is 10.8. The van der Waals surface area contributed by atoms with Gasteiger partial charge in [-0.25, -0.2) is 4.99 Å². The van der Waals surface area contributed by atoms with E-state index in [4.69, 9.17) is 18.0 Å². The van der Waals surface area contributed by atoms with E-state index in [-0.39, 0.29) is 0 Å². The number of aliphatic imine (C=N–C) groups is 1. The predicted molar refractivity (Wildman–Crippen MR) is 77.7 cm³/mol. The summed E-state index contributed by atoms with van der Waals surface area (Å²) < 4.78 is 0. The van der Waals surface area contributed by atoms with Gasteiger partial charge in [0.1, 0.15) is 6.54 Å². The van der Waals surface area contributed by atoms with Gasteiger partial charge < -0.3 is 10.2 Å². The number of rotatable bonds is 4. The van der Waals surface area contributed by atoms with Crippen LogP contribution in [0, 0.1) is 12.3 Å². The highest BCUT2D eigenvalue weighted by molar-refractivity contribution is 6.30. The van der Waals surface area contributed by atoms with Crippen LogP contribution in [0.1, 0.15) is 12.5 Å². The van der Waals surface area contributed by atoms with Crippen LogP contribution in [0.3, 0.4) is 0 Å². The Labute approximate surface area is 114 Å². The van der Waals surface area contributed by atoms with E-state index in [0.29, 0.717) is 6.54 Å². The molecule has 1 rings (SSSR count). The highest BCUT2D eigenvalue weighted by Crippen LogP contribution is 2.10. The molecule has 1 aromatic carbocycles. The maximum atomic E-state index is 5.86. The van der Waals surface area contributed by atoms with Crippen molar-refractivity contribution in [3.05, 3.63) is 34.9 Å². The molecule has 0 fully saturated rings. The fraction of sp³-hybridized carbons (Fsp3) is 0.357. The maximum Gasteiger partial charge on any atom is 0.194 e. The van der Waals surface area contributed by atoms with Gasteiger partial charge in [0.2, 0.25) is 0 Å². The van der Waals surface area contributed by atoms with Crippen molar-refractivity contribution < 1.29 is 0 Å². The van der Waals surface area contributed by atoms with Crippen LogP contribution in [0.4, 0.5) is 0 Å². The van der Waals surface area contributed by atoms with Gasteiger partial charge in [-0.2, -0.15) is 0 Å². The summed E-state index contributed by atoms with van der Waals surface area (Å²) in [6, 6.07) is 7.78. The third kappa shape index (κ3) is 4.68. The van der Waals surface area contributed by atoms with E-state index in [2.05, 4.69) is 16.2 Å². The highest BCUT2D eigenvalue weighted by atomic mass is 35.5. The average Bonchev–Trinajstić information content (AvgIpc) is 2.37. The molecule has 0 aliphatic carbocycles. The minimum absolute atomic E-state index is 0.382. The summed E-state index contributed by atoms with van der Waals surface area (Å²) in [4.78, 5) is 6.35. The molecule has 0 amide bonds. The van der Waals surface area contributed by atoms with Gasteiger partial charge in [0.05, 0.1) is 0 Å². The Hall–Kier alpha value is -1.66. The molecule has 3 nitrogen and oxygen atoms in total. The Balaban J connectivity index is 2.69. The molecule has 0 bridgehead atoms. The Bertz CT molecular complexity index is 431. The summed E-state index contributed by atoms with van der Waals surface area (Å²) in [5.41, 5.74) is 1.17. The lowest BCUT2D eigenvalue weighted by atomic mass is 10.2. The summed E-state index contributed by atoms with van der Waals surface area (Å²) in [7, 11) is 1.98. The molecule has 0 saturated heterocycles. The van der Waals surface area contributed by atoms with E-state index in [1.54, 1.807) is 0 Å². The molecule has 0 radical (unpaired) electrons. The normalized spacial score (nSPS) is 10.9. The Morgan fingerprint density at radius 2 is 2.11 bits per heavy atom. The predicted octanol–water partition coefficient (Wildman–Crippen LogP) is 2.37. The molecular weight excluding hydrogens is 246 g/mol. The molecule has 18 heavy (non-hydrogen) atoms. The molecule has 0 unspecified atom stereocenters. The van der Waals surface area contributed by atoms with Gasteiger partial charge in [-0.1, -0.05) is 29.7 Å². The van der Waals surface area contributed by atoms with Gasteiger partial charge >= 0.3 is 0 Å². The SMILES string of the molecule is C#CCN=C(NCC)N(C)Cc1ccc(Cl)cc1. The number of benzene rings is 1. The molecule has 96 valence electrons. The third-order valence-electron chi connectivity index (χ3n) is 2.35. The third-order valence-corrected chi connectivity index (χ3v) is 2.60. The van der Waals surface area contributed by atoms with Crippen molar-refractivity contribution in [3.8, 4) is 12.3 Å². The summed E-state index contributed by atoms with van der Waals surface area (Å²) >= 11 is 5.86. The second-order valence-electron chi connectivity index (χ2n) is 3.86. The molecule has 1 aromatic rings. The average molecular weight is 264 g/mol. The zero-order valence-corrected chi connectivity index (χ0v) is 11.5. The van der Waals surface area contributed by atoms with Gasteiger partial charge in [-0.3, -0.25) is 0 Å². The summed E-state index contributed by atoms with van der Waals surface area (Å²) in [5.74, 6) is 3.32. The lowest BCUT2D eigenvalue weighted by molar-refractivity contribution is 0.478. The summed E-state index contributed by atoms with van der Waals surface area (Å²) in [6.07, 6.45) is 5.22. The second kappa shape index (κ2) is 7.62. The van der Waals surface area contributed by atoms with Gasteiger partial charge in [-0.15, -0.1) is 6.42 Å². The number of hydrogen-bond donors (Lipinski definition) is 1. The molecule has 4 heteroatoms. The molecule has 0 spiro atoms. The summed E-state index contributed by atoms with van der Waals surface area (Å²) in [6.45, 7) is 3.98. The second-order valence-corrected chi connectivity index (χ2v) is 4.29. The largest absolute Gasteiger partial charge is 0.356 e. The van der Waals surface area contributed by atoms with Crippen molar-refractivity contribution in [3.63, 3.8) is 0 Å². The Kier molecular flexibility index (Phi) is 6.10. The van der Waals surface area contributed by atoms with Crippen LogP contribution >= 0.6 is 11.6 Å². The van der Waals surface area contributed by atoms with Crippen molar-refractivity contribution in [2.45, 2.75) is 13.5 Å². The topological polar surface area (TPSA) is 27.6 Å². The molecule has 0 aromatic heterocycles. The molecule has 0 atom stereocenters. The van der Waals surface area contributed by atoms with E-state index in [0.717, 1.165) is 24.1 Å². The smallest absolute Gasteiger partial charge is 0.194 e. The maximum absolute atomic E-state index is 5.86. The van der Waals surface area contributed by atoms with Gasteiger partial charge in [0, 0.05) is 25.2 Å². The van der Waals surface area contributed by atoms with Crippen LogP contribution in [0.15, 0.2) is 29.3 Å². The highest BCUT2D eigenvalue weighted by Gasteiger charge is 2.05. The number of nitrogens with one attached hydrogen (secondary N) is 1. The van der Waals surface area contributed by atoms with Gasteiger partial charge in [-0.05, 0) is 24.6 Å². The van der Waals surface area contributed by atoms with E-state index >= 15 is 0 Å². The van der Waals surface area contributed by atoms with Crippen LogP contribution in [0.25, 0.3) is 0 Å². The molecule has 0 aliphatic heterocycles. The number of hydrogen-bond acceptors (Lipinski definition) is 1. The quantitative estimate of drug-likeness (QED) is 0.513. The van der Waals surface area contributed by atoms with Crippen molar-refractivity contribution in [2.24, 2.45) is 4.99 Å². The standard InChI is InChI=1S/C14H18ClN3/c1-4-10-17-14(16-5-2)18(3)11-12-6-8-13(15)9-7-12/h1,6-9H,5,10-11H2,2-3H3,(H,16,17). The molecule has 0 aliphatic rings. The number of halogens is 1. The Morgan fingerprint density at radius 3 is 2.67 bits per heavy atom. The number of terminal acetylenes is 1. The minimum Gasteiger partial charge on any atom is -0.356 e. The number of nitrogens with zero attached hydrogens (tertiary/aromatic N) is 2. The Morgan fingerprint density at radius 1 is 1.44 bits per heavy atom. The van der Waals surface area contributed by atoms with Crippen LogP contribution in [0.5, 0.6) is 0 Å². The first-order valence-corrected chi connectivity index (χ1v) is 6.22. The van der Waals surface area contributed by atoms with E-state index in [9.17, 15) is 0 Å². The zero-order chi connectivity index (χ0) is 13.4. The first kappa shape index (κ1) is 14.4. The molecular formula is C14H18ClN3. The first-order valence-electron chi connectivity index (χ1n) is 5.84. The molecule has 1 N–H and O–H groups in total. The fourth-order valence-corrected chi connectivity index (χ4v) is 1.65. The first-order chi connectivity index (χ1) is 8.67. The summed E-state index contributed by atoms with van der Waals surface area (Å²) in [5, 5.41) is 3.95.